The molecular weight excluding hydrogens is 586 g/mol. The molecule has 0 atom stereocenters. The summed E-state index contributed by atoms with van der Waals surface area (Å²) in [6, 6.07) is 7.94. The standard InChI is InChI=1S/C28H32F6N4O3S/c1-26(2,25(42)37-15-13-36(14-16-37)21-8-3-18(4-9-21)27(29,30)31)41-22-10-5-19(6-11-22)35-20-7-12-24(38(39)40)23(17-20)28(32,33)34/h3-4,7-9,12,17,19,22,35H,5-6,10-11,13-16H2,1-2H3. The average molecular weight is 619 g/mol. The average Bonchev–Trinajstić information content (AvgIpc) is 2.92. The first-order chi connectivity index (χ1) is 19.5. The number of rotatable bonds is 7. The summed E-state index contributed by atoms with van der Waals surface area (Å²) in [5.41, 5.74) is -2.81. The van der Waals surface area contributed by atoms with E-state index in [0.29, 0.717) is 56.9 Å². The van der Waals surface area contributed by atoms with Gasteiger partial charge in [-0.05, 0) is 75.9 Å². The molecule has 0 unspecified atom stereocenters. The van der Waals surface area contributed by atoms with Crippen LogP contribution >= 0.6 is 12.2 Å². The van der Waals surface area contributed by atoms with Crippen molar-refractivity contribution >= 4 is 34.3 Å². The van der Waals surface area contributed by atoms with Crippen molar-refractivity contribution in [1.82, 2.24) is 4.90 Å². The molecule has 1 heterocycles. The monoisotopic (exact) mass is 618 g/mol. The molecule has 4 rings (SSSR count). The van der Waals surface area contributed by atoms with Crippen LogP contribution in [0.2, 0.25) is 0 Å². The predicted molar refractivity (Wildman–Crippen MR) is 151 cm³/mol. The molecule has 42 heavy (non-hydrogen) atoms. The Labute approximate surface area is 245 Å². The molecule has 7 nitrogen and oxygen atoms in total. The number of benzene rings is 2. The van der Waals surface area contributed by atoms with E-state index in [-0.39, 0.29) is 17.8 Å². The number of ether oxygens (including phenoxy) is 1. The maximum Gasteiger partial charge on any atom is 0.423 e. The second-order valence-electron chi connectivity index (χ2n) is 11.1. The summed E-state index contributed by atoms with van der Waals surface area (Å²) in [7, 11) is 0. The van der Waals surface area contributed by atoms with Crippen molar-refractivity contribution in [2.45, 2.75) is 69.6 Å². The number of nitrogens with zero attached hydrogens (tertiary/aromatic N) is 3. The number of hydrogen-bond acceptors (Lipinski definition) is 6. The van der Waals surface area contributed by atoms with E-state index in [2.05, 4.69) is 10.2 Å². The lowest BCUT2D eigenvalue weighted by molar-refractivity contribution is -0.388. The van der Waals surface area contributed by atoms with Gasteiger partial charge in [0.05, 0.1) is 16.6 Å². The molecule has 1 N–H and O–H groups in total. The summed E-state index contributed by atoms with van der Waals surface area (Å²) in [5, 5.41) is 14.1. The number of nitrogens with one attached hydrogen (secondary N) is 1. The molecule has 2 aromatic rings. The van der Waals surface area contributed by atoms with Gasteiger partial charge in [-0.2, -0.15) is 26.3 Å². The number of halogens is 6. The number of nitro groups is 1. The van der Waals surface area contributed by atoms with Crippen LogP contribution in [0.1, 0.15) is 50.7 Å². The van der Waals surface area contributed by atoms with Crippen molar-refractivity contribution in [3.05, 3.63) is 63.7 Å². The van der Waals surface area contributed by atoms with E-state index < -0.39 is 39.7 Å². The summed E-state index contributed by atoms with van der Waals surface area (Å²) < 4.78 is 85.0. The summed E-state index contributed by atoms with van der Waals surface area (Å²) in [6.07, 6.45) is -6.74. The van der Waals surface area contributed by atoms with E-state index in [1.165, 1.54) is 18.2 Å². The molecular formula is C28H32F6N4O3S. The highest BCUT2D eigenvalue weighted by molar-refractivity contribution is 7.80. The Bertz CT molecular complexity index is 1270. The Hall–Kier alpha value is -3.13. The Morgan fingerprint density at radius 1 is 0.929 bits per heavy atom. The number of thiocarbonyl (C=S) groups is 1. The van der Waals surface area contributed by atoms with Gasteiger partial charge in [-0.3, -0.25) is 10.1 Å². The fourth-order valence-electron chi connectivity index (χ4n) is 5.45. The van der Waals surface area contributed by atoms with E-state index in [9.17, 15) is 36.5 Å². The fourth-order valence-corrected chi connectivity index (χ4v) is 5.68. The first-order valence-electron chi connectivity index (χ1n) is 13.6. The quantitative estimate of drug-likeness (QED) is 0.151. The minimum Gasteiger partial charge on any atom is -0.382 e. The first kappa shape index (κ1) is 31.8. The number of alkyl halides is 6. The lowest BCUT2D eigenvalue weighted by Gasteiger charge is -2.43. The van der Waals surface area contributed by atoms with Gasteiger partial charge in [0.15, 0.2) is 0 Å². The van der Waals surface area contributed by atoms with Crippen LogP contribution in [0, 0.1) is 10.1 Å². The molecule has 2 aliphatic rings. The van der Waals surface area contributed by atoms with Crippen molar-refractivity contribution in [3.8, 4) is 0 Å². The Kier molecular flexibility index (Phi) is 9.26. The third-order valence-corrected chi connectivity index (χ3v) is 8.40. The van der Waals surface area contributed by atoms with Gasteiger partial charge in [-0.15, -0.1) is 0 Å². The van der Waals surface area contributed by atoms with Crippen molar-refractivity contribution in [1.29, 1.82) is 0 Å². The largest absolute Gasteiger partial charge is 0.423 e. The number of anilines is 2. The first-order valence-corrected chi connectivity index (χ1v) is 14.0. The molecule has 1 aliphatic carbocycles. The molecule has 2 fully saturated rings. The third-order valence-electron chi connectivity index (χ3n) is 7.65. The van der Waals surface area contributed by atoms with Gasteiger partial charge in [-0.25, -0.2) is 0 Å². The van der Waals surface area contributed by atoms with E-state index >= 15 is 0 Å². The van der Waals surface area contributed by atoms with Gasteiger partial charge in [0.1, 0.15) is 16.2 Å². The summed E-state index contributed by atoms with van der Waals surface area (Å²) in [4.78, 5) is 14.7. The van der Waals surface area contributed by atoms with Gasteiger partial charge in [0, 0.05) is 49.7 Å². The fraction of sp³-hybridized carbons (Fsp3) is 0.536. The van der Waals surface area contributed by atoms with Crippen molar-refractivity contribution in [2.24, 2.45) is 0 Å². The van der Waals surface area contributed by atoms with Gasteiger partial charge in [0.2, 0.25) is 0 Å². The smallest absolute Gasteiger partial charge is 0.382 e. The van der Waals surface area contributed by atoms with Crippen LogP contribution < -0.4 is 10.2 Å². The van der Waals surface area contributed by atoms with E-state index in [1.54, 1.807) is 0 Å². The van der Waals surface area contributed by atoms with Crippen LogP contribution in [-0.4, -0.2) is 58.7 Å². The highest BCUT2D eigenvalue weighted by Crippen LogP contribution is 2.38. The van der Waals surface area contributed by atoms with E-state index in [0.717, 1.165) is 30.0 Å². The third kappa shape index (κ3) is 7.63. The summed E-state index contributed by atoms with van der Waals surface area (Å²) in [5.74, 6) is 0. The van der Waals surface area contributed by atoms with E-state index in [1.807, 2.05) is 18.7 Å². The summed E-state index contributed by atoms with van der Waals surface area (Å²) in [6.45, 7) is 6.18. The van der Waals surface area contributed by atoms with Gasteiger partial charge < -0.3 is 19.9 Å². The van der Waals surface area contributed by atoms with Gasteiger partial charge >= 0.3 is 12.4 Å². The molecule has 230 valence electrons. The van der Waals surface area contributed by atoms with Crippen LogP contribution in [0.4, 0.5) is 43.4 Å². The second kappa shape index (κ2) is 12.2. The highest BCUT2D eigenvalue weighted by atomic mass is 32.1. The van der Waals surface area contributed by atoms with Crippen LogP contribution in [0.5, 0.6) is 0 Å². The van der Waals surface area contributed by atoms with Crippen molar-refractivity contribution in [3.63, 3.8) is 0 Å². The molecule has 1 saturated carbocycles. The normalized spacial score (nSPS) is 20.4. The Morgan fingerprint density at radius 3 is 2.05 bits per heavy atom. The molecule has 2 aromatic carbocycles. The SMILES string of the molecule is CC(C)(OC1CCC(Nc2ccc([N+](=O)[O-])c(C(F)(F)F)c2)CC1)C(=S)N1CCN(c2ccc(C(F)(F)F)cc2)CC1. The molecule has 0 radical (unpaired) electrons. The molecule has 1 aliphatic heterocycles. The summed E-state index contributed by atoms with van der Waals surface area (Å²) >= 11 is 5.78. The van der Waals surface area contributed by atoms with E-state index in [4.69, 9.17) is 17.0 Å². The zero-order valence-electron chi connectivity index (χ0n) is 23.1. The molecule has 0 aromatic heterocycles. The minimum absolute atomic E-state index is 0.105. The molecule has 1 saturated heterocycles. The maximum atomic E-state index is 13.3. The van der Waals surface area contributed by atoms with Crippen LogP contribution in [0.15, 0.2) is 42.5 Å². The van der Waals surface area contributed by atoms with Gasteiger partial charge in [0.25, 0.3) is 5.69 Å². The Morgan fingerprint density at radius 2 is 1.52 bits per heavy atom. The second-order valence-corrected chi connectivity index (χ2v) is 11.4. The van der Waals surface area contributed by atoms with Crippen molar-refractivity contribution < 1.29 is 36.0 Å². The van der Waals surface area contributed by atoms with Crippen molar-refractivity contribution in [2.75, 3.05) is 36.4 Å². The van der Waals surface area contributed by atoms with Crippen LogP contribution in [0.25, 0.3) is 0 Å². The molecule has 0 spiro atoms. The van der Waals surface area contributed by atoms with Crippen LogP contribution in [-0.2, 0) is 17.1 Å². The minimum atomic E-state index is -4.84. The topological polar surface area (TPSA) is 70.9 Å². The zero-order valence-corrected chi connectivity index (χ0v) is 23.9. The lowest BCUT2D eigenvalue weighted by Crippen LogP contribution is -2.55. The number of piperazine rings is 1. The molecule has 14 heteroatoms. The van der Waals surface area contributed by atoms with Crippen LogP contribution in [0.3, 0.4) is 0 Å². The highest BCUT2D eigenvalue weighted by Gasteiger charge is 2.39. The Balaban J connectivity index is 1.26. The number of nitro benzene ring substituents is 1. The lowest BCUT2D eigenvalue weighted by atomic mass is 9.92. The number of hydrogen-bond donors (Lipinski definition) is 1. The molecule has 0 amide bonds. The maximum absolute atomic E-state index is 13.3. The molecule has 0 bridgehead atoms. The van der Waals surface area contributed by atoms with Gasteiger partial charge in [-0.1, -0.05) is 12.2 Å². The predicted octanol–water partition coefficient (Wildman–Crippen LogP) is 7.30. The zero-order chi connectivity index (χ0) is 30.9.